The minimum atomic E-state index is -4.41. The Balaban J connectivity index is 1.55. The van der Waals surface area contributed by atoms with Gasteiger partial charge in [0.2, 0.25) is 5.91 Å². The average molecular weight is 475 g/mol. The van der Waals surface area contributed by atoms with Crippen LogP contribution in [0.5, 0.6) is 0 Å². The highest BCUT2D eigenvalue weighted by molar-refractivity contribution is 6.40. The van der Waals surface area contributed by atoms with Crippen molar-refractivity contribution in [1.29, 1.82) is 0 Å². The van der Waals surface area contributed by atoms with Crippen molar-refractivity contribution in [1.82, 2.24) is 0 Å². The van der Waals surface area contributed by atoms with E-state index < -0.39 is 23.9 Å². The summed E-state index contributed by atoms with van der Waals surface area (Å²) >= 11 is 12.9. The third-order valence-electron chi connectivity index (χ3n) is 6.04. The Morgan fingerprint density at radius 1 is 1.16 bits per heavy atom. The first-order chi connectivity index (χ1) is 14.6. The lowest BCUT2D eigenvalue weighted by atomic mass is 10.0. The Hall–Kier alpha value is -1.99. The predicted molar refractivity (Wildman–Crippen MR) is 113 cm³/mol. The van der Waals surface area contributed by atoms with Crippen molar-refractivity contribution in [2.75, 3.05) is 16.8 Å². The summed E-state index contributed by atoms with van der Waals surface area (Å²) in [6.07, 6.45) is -3.76. The van der Waals surface area contributed by atoms with Gasteiger partial charge in [-0.25, -0.2) is 4.39 Å². The summed E-state index contributed by atoms with van der Waals surface area (Å²) in [5, 5.41) is 2.94. The lowest BCUT2D eigenvalue weighted by Crippen LogP contribution is -2.29. The van der Waals surface area contributed by atoms with E-state index >= 15 is 0 Å². The number of anilines is 2. The molecule has 3 nitrogen and oxygen atoms in total. The third kappa shape index (κ3) is 4.48. The number of carbonyl (C=O) groups is 1. The standard InChI is InChI=1S/C22H20Cl2F4N2O/c23-17-10-13-12-30(15-5-3-14(25)4-6-15)9-1-2-16(13)19(24)20(17)29-18(31)11-21(7-8-21)22(26,27)28/h3-6,10H,1-2,7-9,11-12H2,(H,29,31). The number of carbonyl (C=O) groups excluding carboxylic acids is 1. The molecule has 1 aliphatic heterocycles. The van der Waals surface area contributed by atoms with Gasteiger partial charge in [-0.2, -0.15) is 13.2 Å². The van der Waals surface area contributed by atoms with Gasteiger partial charge in [0.25, 0.3) is 0 Å². The third-order valence-corrected chi connectivity index (χ3v) is 6.75. The molecular formula is C22H20Cl2F4N2O. The molecule has 2 aromatic rings. The van der Waals surface area contributed by atoms with E-state index in [4.69, 9.17) is 23.2 Å². The smallest absolute Gasteiger partial charge is 0.367 e. The van der Waals surface area contributed by atoms with Crippen LogP contribution in [0.15, 0.2) is 30.3 Å². The van der Waals surface area contributed by atoms with E-state index in [0.29, 0.717) is 19.5 Å². The Kier molecular flexibility index (Phi) is 5.85. The first kappa shape index (κ1) is 22.2. The summed E-state index contributed by atoms with van der Waals surface area (Å²) in [5.74, 6) is -1.07. The molecule has 1 N–H and O–H groups in total. The molecule has 9 heteroatoms. The quantitative estimate of drug-likeness (QED) is 0.496. The molecule has 1 fully saturated rings. The van der Waals surface area contributed by atoms with E-state index in [-0.39, 0.29) is 34.4 Å². The van der Waals surface area contributed by atoms with E-state index in [9.17, 15) is 22.4 Å². The number of fused-ring (bicyclic) bond motifs is 1. The van der Waals surface area contributed by atoms with Crippen molar-refractivity contribution in [3.8, 4) is 0 Å². The molecule has 0 atom stereocenters. The highest BCUT2D eigenvalue weighted by Crippen LogP contribution is 2.60. The molecule has 0 unspecified atom stereocenters. The Morgan fingerprint density at radius 3 is 2.45 bits per heavy atom. The maximum absolute atomic E-state index is 13.2. The molecule has 0 bridgehead atoms. The van der Waals surface area contributed by atoms with Crippen LogP contribution in [0.1, 0.15) is 36.8 Å². The number of hydrogen-bond acceptors (Lipinski definition) is 2. The summed E-state index contributed by atoms with van der Waals surface area (Å²) in [7, 11) is 0. The lowest BCUT2D eigenvalue weighted by Gasteiger charge is -2.24. The number of nitrogens with zero attached hydrogens (tertiary/aromatic N) is 1. The average Bonchev–Trinajstić information content (AvgIpc) is 3.49. The summed E-state index contributed by atoms with van der Waals surface area (Å²) in [6, 6.07) is 7.89. The molecule has 0 aromatic heterocycles. The van der Waals surface area contributed by atoms with Gasteiger partial charge in [0, 0.05) is 25.2 Å². The highest BCUT2D eigenvalue weighted by Gasteiger charge is 2.63. The van der Waals surface area contributed by atoms with E-state index in [1.807, 2.05) is 0 Å². The molecule has 2 aliphatic rings. The molecule has 4 rings (SSSR count). The number of alkyl halides is 3. The Labute approximate surface area is 187 Å². The van der Waals surface area contributed by atoms with Crippen LogP contribution in [0.3, 0.4) is 0 Å². The van der Waals surface area contributed by atoms with Crippen LogP contribution in [-0.2, 0) is 17.8 Å². The molecule has 2 aromatic carbocycles. The first-order valence-corrected chi connectivity index (χ1v) is 10.7. The predicted octanol–water partition coefficient (Wildman–Crippen LogP) is 6.76. The monoisotopic (exact) mass is 474 g/mol. The molecule has 1 aliphatic carbocycles. The van der Waals surface area contributed by atoms with Crippen molar-refractivity contribution < 1.29 is 22.4 Å². The number of hydrogen-bond donors (Lipinski definition) is 1. The summed E-state index contributed by atoms with van der Waals surface area (Å²) in [6.45, 7) is 1.20. The van der Waals surface area contributed by atoms with Gasteiger partial charge >= 0.3 is 6.18 Å². The second kappa shape index (κ2) is 8.17. The minimum Gasteiger partial charge on any atom is -0.367 e. The molecule has 0 spiro atoms. The van der Waals surface area contributed by atoms with Crippen molar-refractivity contribution in [2.24, 2.45) is 5.41 Å². The highest BCUT2D eigenvalue weighted by atomic mass is 35.5. The van der Waals surface area contributed by atoms with Crippen LogP contribution < -0.4 is 10.2 Å². The van der Waals surface area contributed by atoms with Gasteiger partial charge in [-0.05, 0) is 67.1 Å². The van der Waals surface area contributed by atoms with Crippen molar-refractivity contribution in [2.45, 2.75) is 44.8 Å². The van der Waals surface area contributed by atoms with Crippen molar-refractivity contribution in [3.63, 3.8) is 0 Å². The van der Waals surface area contributed by atoms with Crippen molar-refractivity contribution in [3.05, 3.63) is 57.3 Å². The molecular weight excluding hydrogens is 455 g/mol. The molecule has 31 heavy (non-hydrogen) atoms. The van der Waals surface area contributed by atoms with E-state index in [1.165, 1.54) is 12.1 Å². The van der Waals surface area contributed by atoms with Gasteiger partial charge in [-0.3, -0.25) is 4.79 Å². The topological polar surface area (TPSA) is 32.3 Å². The van der Waals surface area contributed by atoms with Crippen LogP contribution in [0.4, 0.5) is 28.9 Å². The second-order valence-electron chi connectivity index (χ2n) is 8.19. The maximum atomic E-state index is 13.2. The van der Waals surface area contributed by atoms with Gasteiger partial charge in [0.1, 0.15) is 5.82 Å². The summed E-state index contributed by atoms with van der Waals surface area (Å²) < 4.78 is 52.7. The van der Waals surface area contributed by atoms with E-state index in [0.717, 1.165) is 23.2 Å². The normalized spacial score (nSPS) is 17.7. The largest absolute Gasteiger partial charge is 0.395 e. The van der Waals surface area contributed by atoms with Crippen LogP contribution >= 0.6 is 23.2 Å². The van der Waals surface area contributed by atoms with Gasteiger partial charge in [-0.15, -0.1) is 0 Å². The fourth-order valence-electron chi connectivity index (χ4n) is 4.04. The minimum absolute atomic E-state index is 0.0468. The van der Waals surface area contributed by atoms with Gasteiger partial charge in [-0.1, -0.05) is 23.2 Å². The molecule has 1 amide bonds. The maximum Gasteiger partial charge on any atom is 0.395 e. The SMILES string of the molecule is O=C(CC1(C(F)(F)F)CC1)Nc1c(Cl)cc2c(c1Cl)CCCN(c1ccc(F)cc1)C2. The molecule has 0 radical (unpaired) electrons. The van der Waals surface area contributed by atoms with Gasteiger partial charge < -0.3 is 10.2 Å². The van der Waals surface area contributed by atoms with Crippen LogP contribution in [0.25, 0.3) is 0 Å². The van der Waals surface area contributed by atoms with Gasteiger partial charge in [0.05, 0.1) is 21.1 Å². The molecule has 1 heterocycles. The van der Waals surface area contributed by atoms with Crippen LogP contribution in [0, 0.1) is 11.2 Å². The number of benzene rings is 2. The number of amides is 1. The zero-order chi connectivity index (χ0) is 22.4. The second-order valence-corrected chi connectivity index (χ2v) is 8.97. The Bertz CT molecular complexity index is 1000. The van der Waals surface area contributed by atoms with Crippen molar-refractivity contribution >= 4 is 40.5 Å². The fraction of sp³-hybridized carbons (Fsp3) is 0.409. The Morgan fingerprint density at radius 2 is 1.84 bits per heavy atom. The molecule has 1 saturated carbocycles. The van der Waals surface area contributed by atoms with E-state index in [1.54, 1.807) is 18.2 Å². The number of nitrogens with one attached hydrogen (secondary N) is 1. The fourth-order valence-corrected chi connectivity index (χ4v) is 4.73. The number of rotatable bonds is 4. The van der Waals surface area contributed by atoms with Gasteiger partial charge in [0.15, 0.2) is 0 Å². The molecule has 166 valence electrons. The van der Waals surface area contributed by atoms with Crippen LogP contribution in [0.2, 0.25) is 10.0 Å². The summed E-state index contributed by atoms with van der Waals surface area (Å²) in [5.41, 5.74) is 0.755. The summed E-state index contributed by atoms with van der Waals surface area (Å²) in [4.78, 5) is 14.4. The molecule has 0 saturated heterocycles. The van der Waals surface area contributed by atoms with E-state index in [2.05, 4.69) is 10.2 Å². The zero-order valence-corrected chi connectivity index (χ0v) is 18.0. The zero-order valence-electron chi connectivity index (χ0n) is 16.5. The first-order valence-electron chi connectivity index (χ1n) is 9.96. The number of halogens is 6. The van der Waals surface area contributed by atoms with Crippen LogP contribution in [-0.4, -0.2) is 18.6 Å². The lowest BCUT2D eigenvalue weighted by molar-refractivity contribution is -0.189.